The zero-order valence-electron chi connectivity index (χ0n) is 9.97. The highest BCUT2D eigenvalue weighted by molar-refractivity contribution is 7.08. The molecule has 0 saturated carbocycles. The molecule has 90 valence electrons. The van der Waals surface area contributed by atoms with E-state index in [1.165, 1.54) is 5.56 Å². The molecular weight excluding hydrogens is 242 g/mol. The summed E-state index contributed by atoms with van der Waals surface area (Å²) in [6.07, 6.45) is 0. The van der Waals surface area contributed by atoms with Crippen molar-refractivity contribution in [3.8, 4) is 22.4 Å². The lowest BCUT2D eigenvalue weighted by atomic mass is 10.0. The van der Waals surface area contributed by atoms with Crippen LogP contribution in [0.25, 0.3) is 22.4 Å². The first-order valence-corrected chi connectivity index (χ1v) is 6.63. The van der Waals surface area contributed by atoms with Gasteiger partial charge in [-0.25, -0.2) is 0 Å². The summed E-state index contributed by atoms with van der Waals surface area (Å²) in [5.41, 5.74) is 11.4. The van der Waals surface area contributed by atoms with Crippen molar-refractivity contribution in [2.24, 2.45) is 0 Å². The number of benzene rings is 1. The van der Waals surface area contributed by atoms with Crippen molar-refractivity contribution in [3.05, 3.63) is 46.7 Å². The maximum absolute atomic E-state index is 5.99. The normalized spacial score (nSPS) is 10.7. The number of aromatic amines is 1. The minimum absolute atomic E-state index is 0.543. The molecule has 0 bridgehead atoms. The summed E-state index contributed by atoms with van der Waals surface area (Å²) in [4.78, 5) is 0. The SMILES string of the molecule is Cc1cccc(-c2c(N)n[nH]c2-c2ccsc2)c1. The van der Waals surface area contributed by atoms with Gasteiger partial charge >= 0.3 is 0 Å². The molecule has 1 aromatic carbocycles. The number of rotatable bonds is 2. The third-order valence-corrected chi connectivity index (χ3v) is 3.59. The van der Waals surface area contributed by atoms with E-state index in [0.29, 0.717) is 5.82 Å². The van der Waals surface area contributed by atoms with Crippen molar-refractivity contribution in [2.45, 2.75) is 6.92 Å². The Hall–Kier alpha value is -2.07. The van der Waals surface area contributed by atoms with Gasteiger partial charge in [0.2, 0.25) is 0 Å². The summed E-state index contributed by atoms with van der Waals surface area (Å²) < 4.78 is 0. The van der Waals surface area contributed by atoms with E-state index in [1.54, 1.807) is 11.3 Å². The van der Waals surface area contributed by atoms with Crippen molar-refractivity contribution < 1.29 is 0 Å². The van der Waals surface area contributed by atoms with Gasteiger partial charge in [0.15, 0.2) is 5.82 Å². The summed E-state index contributed by atoms with van der Waals surface area (Å²) in [6.45, 7) is 2.07. The van der Waals surface area contributed by atoms with Gasteiger partial charge < -0.3 is 5.73 Å². The Morgan fingerprint density at radius 3 is 2.83 bits per heavy atom. The molecule has 0 spiro atoms. The van der Waals surface area contributed by atoms with Crippen LogP contribution in [0, 0.1) is 6.92 Å². The van der Waals surface area contributed by atoms with Gasteiger partial charge in [0.05, 0.1) is 11.3 Å². The van der Waals surface area contributed by atoms with Gasteiger partial charge in [0.1, 0.15) is 0 Å². The maximum Gasteiger partial charge on any atom is 0.153 e. The quantitative estimate of drug-likeness (QED) is 0.733. The predicted octanol–water partition coefficient (Wildman–Crippen LogP) is 3.70. The number of aromatic nitrogens is 2. The van der Waals surface area contributed by atoms with E-state index < -0.39 is 0 Å². The van der Waals surface area contributed by atoms with Gasteiger partial charge in [-0.1, -0.05) is 29.8 Å². The lowest BCUT2D eigenvalue weighted by Gasteiger charge is -2.04. The van der Waals surface area contributed by atoms with Crippen molar-refractivity contribution in [3.63, 3.8) is 0 Å². The van der Waals surface area contributed by atoms with Gasteiger partial charge in [-0.2, -0.15) is 16.4 Å². The fraction of sp³-hybridized carbons (Fsp3) is 0.0714. The van der Waals surface area contributed by atoms with Gasteiger partial charge in [0.25, 0.3) is 0 Å². The van der Waals surface area contributed by atoms with E-state index in [9.17, 15) is 0 Å². The highest BCUT2D eigenvalue weighted by atomic mass is 32.1. The first-order valence-electron chi connectivity index (χ1n) is 5.69. The molecule has 0 saturated heterocycles. The molecule has 0 aliphatic rings. The number of H-pyrrole nitrogens is 1. The number of nitrogens with one attached hydrogen (secondary N) is 1. The standard InChI is InChI=1S/C14H13N3S/c1-9-3-2-4-10(7-9)12-13(16-17-14(12)15)11-5-6-18-8-11/h2-8H,1H3,(H3,15,16,17). The third kappa shape index (κ3) is 1.80. The van der Waals surface area contributed by atoms with Crippen molar-refractivity contribution in [1.29, 1.82) is 0 Å². The molecule has 3 nitrogen and oxygen atoms in total. The maximum atomic E-state index is 5.99. The molecule has 0 amide bonds. The highest BCUT2D eigenvalue weighted by Gasteiger charge is 2.14. The Morgan fingerprint density at radius 2 is 2.11 bits per heavy atom. The number of hydrogen-bond acceptors (Lipinski definition) is 3. The monoisotopic (exact) mass is 255 g/mol. The zero-order chi connectivity index (χ0) is 12.5. The minimum Gasteiger partial charge on any atom is -0.382 e. The van der Waals surface area contributed by atoms with E-state index in [1.807, 2.05) is 11.4 Å². The van der Waals surface area contributed by atoms with Crippen LogP contribution in [0.3, 0.4) is 0 Å². The topological polar surface area (TPSA) is 54.7 Å². The van der Waals surface area contributed by atoms with Crippen LogP contribution in [-0.2, 0) is 0 Å². The average Bonchev–Trinajstić information content (AvgIpc) is 2.97. The summed E-state index contributed by atoms with van der Waals surface area (Å²) in [7, 11) is 0. The number of nitrogen functional groups attached to an aromatic ring is 1. The van der Waals surface area contributed by atoms with Crippen LogP contribution in [0.5, 0.6) is 0 Å². The Bertz CT molecular complexity index is 668. The predicted molar refractivity (Wildman–Crippen MR) is 76.5 cm³/mol. The molecular formula is C14H13N3S. The van der Waals surface area contributed by atoms with Crippen LogP contribution in [0.2, 0.25) is 0 Å². The van der Waals surface area contributed by atoms with E-state index in [-0.39, 0.29) is 0 Å². The van der Waals surface area contributed by atoms with Crippen LogP contribution < -0.4 is 5.73 Å². The molecule has 2 aromatic heterocycles. The second kappa shape index (κ2) is 4.31. The molecule has 0 radical (unpaired) electrons. The molecule has 4 heteroatoms. The number of hydrogen-bond donors (Lipinski definition) is 2. The second-order valence-corrected chi connectivity index (χ2v) is 5.02. The van der Waals surface area contributed by atoms with E-state index in [4.69, 9.17) is 5.73 Å². The molecule has 0 fully saturated rings. The number of nitrogens with two attached hydrogens (primary N) is 1. The largest absolute Gasteiger partial charge is 0.382 e. The van der Waals surface area contributed by atoms with Crippen LogP contribution in [0.15, 0.2) is 41.1 Å². The van der Waals surface area contributed by atoms with E-state index in [2.05, 4.69) is 46.8 Å². The molecule has 0 unspecified atom stereocenters. The minimum atomic E-state index is 0.543. The molecule has 0 atom stereocenters. The number of nitrogens with zero attached hydrogens (tertiary/aromatic N) is 1. The Morgan fingerprint density at radius 1 is 1.22 bits per heavy atom. The fourth-order valence-electron chi connectivity index (χ4n) is 2.06. The first-order chi connectivity index (χ1) is 8.75. The highest BCUT2D eigenvalue weighted by Crippen LogP contribution is 2.35. The second-order valence-electron chi connectivity index (χ2n) is 4.24. The Kier molecular flexibility index (Phi) is 2.64. The molecule has 3 N–H and O–H groups in total. The van der Waals surface area contributed by atoms with Gasteiger partial charge in [-0.15, -0.1) is 0 Å². The lowest BCUT2D eigenvalue weighted by molar-refractivity contribution is 1.10. The van der Waals surface area contributed by atoms with Crippen LogP contribution >= 0.6 is 11.3 Å². The van der Waals surface area contributed by atoms with Crippen molar-refractivity contribution in [1.82, 2.24) is 10.2 Å². The van der Waals surface area contributed by atoms with Gasteiger partial charge in [-0.05, 0) is 23.9 Å². The molecule has 2 heterocycles. The Labute approximate surface area is 109 Å². The van der Waals surface area contributed by atoms with Crippen LogP contribution in [-0.4, -0.2) is 10.2 Å². The van der Waals surface area contributed by atoms with E-state index in [0.717, 1.165) is 22.4 Å². The van der Waals surface area contributed by atoms with Gasteiger partial charge in [0, 0.05) is 10.9 Å². The molecule has 3 rings (SSSR count). The summed E-state index contributed by atoms with van der Waals surface area (Å²) >= 11 is 1.66. The molecule has 3 aromatic rings. The molecule has 0 aliphatic carbocycles. The smallest absolute Gasteiger partial charge is 0.153 e. The first kappa shape index (κ1) is 11.0. The molecule has 18 heavy (non-hydrogen) atoms. The number of thiophene rings is 1. The lowest BCUT2D eigenvalue weighted by Crippen LogP contribution is -1.88. The van der Waals surface area contributed by atoms with E-state index >= 15 is 0 Å². The number of aryl methyl sites for hydroxylation is 1. The zero-order valence-corrected chi connectivity index (χ0v) is 10.8. The van der Waals surface area contributed by atoms with Crippen molar-refractivity contribution in [2.75, 3.05) is 5.73 Å². The molecule has 0 aliphatic heterocycles. The number of anilines is 1. The third-order valence-electron chi connectivity index (χ3n) is 2.91. The van der Waals surface area contributed by atoms with Crippen molar-refractivity contribution >= 4 is 17.2 Å². The van der Waals surface area contributed by atoms with Crippen LogP contribution in [0.1, 0.15) is 5.56 Å². The van der Waals surface area contributed by atoms with Gasteiger partial charge in [-0.3, -0.25) is 5.10 Å². The summed E-state index contributed by atoms with van der Waals surface area (Å²) in [5, 5.41) is 11.3. The summed E-state index contributed by atoms with van der Waals surface area (Å²) in [6, 6.07) is 10.4. The average molecular weight is 255 g/mol. The Balaban J connectivity index is 2.20. The van der Waals surface area contributed by atoms with Crippen LogP contribution in [0.4, 0.5) is 5.82 Å². The fourth-order valence-corrected chi connectivity index (χ4v) is 2.71. The summed E-state index contributed by atoms with van der Waals surface area (Å²) in [5.74, 6) is 0.543.